The predicted molar refractivity (Wildman–Crippen MR) is 508 cm³/mol. The summed E-state index contributed by atoms with van der Waals surface area (Å²) in [6.07, 6.45) is -23.0. The van der Waals surface area contributed by atoms with Crippen LogP contribution in [-0.4, -0.2) is 358 Å². The Hall–Kier alpha value is -7.64. The van der Waals surface area contributed by atoms with Crippen molar-refractivity contribution in [3.8, 4) is 0 Å². The second-order valence-corrected chi connectivity index (χ2v) is 44.6. The lowest BCUT2D eigenvalue weighted by molar-refractivity contribution is -0.121. The summed E-state index contributed by atoms with van der Waals surface area (Å²) in [7, 11) is -4.80. The number of nitrogens with one attached hydrogen (secondary N) is 2. The Kier molecular flexibility index (Phi) is 37.2. The van der Waals surface area contributed by atoms with E-state index in [1.54, 1.807) is 4.57 Å². The van der Waals surface area contributed by atoms with E-state index in [4.69, 9.17) is 179 Å². The number of imidazole rings is 2. The van der Waals surface area contributed by atoms with Gasteiger partial charge in [-0.25, -0.2) is 58.6 Å². The van der Waals surface area contributed by atoms with Gasteiger partial charge in [0.2, 0.25) is 0 Å². The van der Waals surface area contributed by atoms with E-state index >= 15 is 9.13 Å². The van der Waals surface area contributed by atoms with Crippen molar-refractivity contribution in [3.05, 3.63) is 123 Å². The van der Waals surface area contributed by atoms with Gasteiger partial charge in [0.05, 0.1) is 129 Å². The maximum Gasteiger partial charge on any atom is 0.472 e. The maximum absolute atomic E-state index is 15.5. The number of nitrogens with two attached hydrogens (primary N) is 4. The summed E-state index contributed by atoms with van der Waals surface area (Å²) < 4.78 is 196. The van der Waals surface area contributed by atoms with Gasteiger partial charge >= 0.3 is 47.2 Å². The van der Waals surface area contributed by atoms with E-state index < -0.39 is 233 Å². The number of aromatic amines is 1. The van der Waals surface area contributed by atoms with E-state index in [0.717, 1.165) is 28.0 Å². The molecule has 6 fully saturated rings. The summed E-state index contributed by atoms with van der Waals surface area (Å²) in [5.41, 5.74) is 23.4. The number of hydrogen-bond donors (Lipinski definition) is 12. The highest BCUT2D eigenvalue weighted by Gasteiger charge is 2.59. The number of aliphatic hydroxyl groups is 1. The maximum atomic E-state index is 15.5. The first-order chi connectivity index (χ1) is 69.2. The number of aryl methyl sites for hydroxylation is 2. The van der Waals surface area contributed by atoms with Crippen molar-refractivity contribution in [2.24, 2.45) is 0 Å². The molecule has 0 spiro atoms. The van der Waals surface area contributed by atoms with Gasteiger partial charge < -0.3 is 161 Å². The van der Waals surface area contributed by atoms with Gasteiger partial charge in [0.15, 0.2) is 54.1 Å². The quantitative estimate of drug-likeness (QED) is 0.0177. The fourth-order valence-electron chi connectivity index (χ4n) is 16.9. The number of anilines is 4. The molecule has 7 aliphatic heterocycles. The minimum Gasteiger partial charge on any atom is -0.387 e. The third-order valence-electron chi connectivity index (χ3n) is 23.9. The molecule has 11 unspecified atom stereocenters. The zero-order valence-corrected chi connectivity index (χ0v) is 85.9. The summed E-state index contributed by atoms with van der Waals surface area (Å²) in [6, 6.07) is 1.53. The molecular formula is C78H112N21O38P5S3. The van der Waals surface area contributed by atoms with Crippen LogP contribution < -0.4 is 45.2 Å². The second kappa shape index (κ2) is 48.3. The van der Waals surface area contributed by atoms with Gasteiger partial charge in [-0.3, -0.25) is 60.0 Å². The average molecular weight is 2200 g/mol. The molecule has 7 aliphatic rings. The standard InChI is InChI=1S/C78H112N21O38P5S3/c1-11-43-44(24-50(127-43)98-36-89-51-65(81)84-34-87-68(51)98)133-140(109,143)125-31-48-55(60(119-21-16-114-8)76(132-48)99-37-90-52-66(82)85-35-88-69(52)99)135-138(105,106)122-29-46-54(59(118-20-15-113-7)74(130-46)96-25-38(2)63(79)92-77(96)103)134-139(107,108)123-30-47-56(61(120-22-17-115-9)73(129-47)94-13-12-42-64(80)83-33-86-67(42)94)136-142(111,145)126-32-49-57(62(121-23-18-116-10)75(131-49)97-27-40(4)71(102)93-78(97)104)137-141(110,144)124-28-45-53(100)58(117-19-14-112-6)72(128-45)95-26-39(3)70(101)91-41(95)5/h12-13,25-27,33-37,43-50,53-62,72-76,100H,5,11,14-24,28-32H2,1-4,6-10H3,(H,91,101)(H,105,106)(H,107,108)(H,109,143)(H,110,144)(H,111,145)(H2,79,92,103)(H2,80,83,86)(H2,81,84,87)(H2,82,85,88)(H,93,102,104)/t43-,44?,45-,46-,47-,48-,49-,50-,53?,54?,55?,56?,57?,58+,59+,60+,61+,62+,72-,73-,74-,75-,76-,140?,141?,142?/m1/s1. The van der Waals surface area contributed by atoms with Gasteiger partial charge in [-0.2, -0.15) is 4.98 Å². The lowest BCUT2D eigenvalue weighted by atomic mass is 10.1. The van der Waals surface area contributed by atoms with E-state index in [0.29, 0.717) is 17.6 Å². The molecule has 0 radical (unpaired) electrons. The lowest BCUT2D eigenvalue weighted by Gasteiger charge is -2.35. The number of aromatic nitrogens is 15. The Balaban J connectivity index is 0.716. The number of aliphatic hydroxyl groups excluding tert-OH is 1. The number of phosphoric acid groups is 2. The third-order valence-corrected chi connectivity index (χ3v) is 30.6. The van der Waals surface area contributed by atoms with Crippen LogP contribution in [0.2, 0.25) is 0 Å². The molecule has 15 rings (SSSR count). The zero-order chi connectivity index (χ0) is 104. The SMILES string of the molecule is C=C1NC(=O)C(C)=CN1[C@@H]1O[C@H](COP(O)(=S)OC2[C@@H](COP(O)(=S)OC3[C@@H](COP(=O)(O)OC4[C@@H](COP(=O)(O)OC5[C@@H](COP(O)(=S)OC6C[C@H](n7cnc8c(N)ncnc87)O[C@@H]6CC)O[C@@H](n6cnc7c(N)ncnc76)[C@H]5OCCOC)O[C@@H](n5cc(C)c(N)nc5=O)[C@H]4OCCOC)O[C@@H](n4ccc5c(N)ncnc54)[C@H]3OCCOC)O[C@@H](n3cc(C)c(=O)[nH]c3=O)[C@H]2OCCOC)C(O)[C@@H]1OCCOC. The fourth-order valence-corrected chi connectivity index (χ4v) is 23.2. The van der Waals surface area contributed by atoms with Crippen molar-refractivity contribution < 1.29 is 165 Å². The molecule has 28 atom stereocenters. The minimum atomic E-state index is -5.88. The molecule has 8 aromatic rings. The summed E-state index contributed by atoms with van der Waals surface area (Å²) >= 11 is 17.2. The van der Waals surface area contributed by atoms with Crippen molar-refractivity contribution in [1.29, 1.82) is 0 Å². The van der Waals surface area contributed by atoms with Crippen molar-refractivity contribution in [3.63, 3.8) is 0 Å². The first-order valence-electron chi connectivity index (χ1n) is 44.7. The van der Waals surface area contributed by atoms with Gasteiger partial charge in [0.25, 0.3) is 11.5 Å². The number of rotatable bonds is 52. The zero-order valence-electron chi connectivity index (χ0n) is 79.0. The van der Waals surface area contributed by atoms with Crippen LogP contribution in [0.4, 0.5) is 23.3 Å². The number of amides is 1. The number of nitrogen functional groups attached to an aromatic ring is 4. The molecule has 16 N–H and O–H groups in total. The molecule has 67 heteroatoms. The fraction of sp³-hybridized carbons (Fsp3) is 0.628. The van der Waals surface area contributed by atoms with Gasteiger partial charge in [-0.15, -0.1) is 0 Å². The Morgan fingerprint density at radius 3 is 1.37 bits per heavy atom. The summed E-state index contributed by atoms with van der Waals surface area (Å²) in [6.45, 7) is -10.5. The Labute approximate surface area is 839 Å². The number of phosphoric ester groups is 2. The molecule has 145 heavy (non-hydrogen) atoms. The van der Waals surface area contributed by atoms with Crippen LogP contribution in [0.1, 0.15) is 69.0 Å². The smallest absolute Gasteiger partial charge is 0.387 e. The highest BCUT2D eigenvalue weighted by atomic mass is 32.5. The van der Waals surface area contributed by atoms with Crippen LogP contribution in [0.5, 0.6) is 0 Å². The van der Waals surface area contributed by atoms with Gasteiger partial charge in [-0.05, 0) is 68.7 Å². The molecule has 1 amide bonds. The lowest BCUT2D eigenvalue weighted by Crippen LogP contribution is -2.48. The van der Waals surface area contributed by atoms with Crippen LogP contribution in [-0.2, 0) is 170 Å². The average Bonchev–Trinajstić information content (AvgIpc) is 1.61. The van der Waals surface area contributed by atoms with Gasteiger partial charge in [-0.1, -0.05) is 13.5 Å². The number of carbonyl (C=O) groups is 1. The number of ether oxygens (including phenoxy) is 16. The van der Waals surface area contributed by atoms with E-state index in [-0.39, 0.29) is 140 Å². The molecule has 59 nitrogen and oxygen atoms in total. The van der Waals surface area contributed by atoms with Crippen molar-refractivity contribution >= 4 is 134 Å². The highest BCUT2D eigenvalue weighted by molar-refractivity contribution is 8.07. The molecular weight excluding hydrogens is 2090 g/mol. The normalized spacial score (nSPS) is 29.8. The molecule has 0 bridgehead atoms. The monoisotopic (exact) mass is 2200 g/mol. The Morgan fingerprint density at radius 1 is 0.462 bits per heavy atom. The number of methoxy groups -OCH3 is 5. The second-order valence-electron chi connectivity index (χ2n) is 33.5. The molecule has 800 valence electrons. The van der Waals surface area contributed by atoms with Crippen LogP contribution in [0.15, 0.2) is 94.9 Å². The third kappa shape index (κ3) is 26.1. The Morgan fingerprint density at radius 2 is 0.876 bits per heavy atom. The van der Waals surface area contributed by atoms with Crippen LogP contribution in [0, 0.1) is 13.8 Å². The predicted octanol–water partition coefficient (Wildman–Crippen LogP) is 0.0617. The van der Waals surface area contributed by atoms with E-state index in [1.807, 2.05) is 6.92 Å². The summed E-state index contributed by atoms with van der Waals surface area (Å²) in [4.78, 5) is 157. The molecule has 0 saturated carbocycles. The number of nitrogens with zero attached hydrogens (tertiary/aromatic N) is 15. The molecule has 8 aromatic heterocycles. The van der Waals surface area contributed by atoms with E-state index in [9.17, 15) is 48.8 Å². The van der Waals surface area contributed by atoms with Crippen molar-refractivity contribution in [1.82, 2.24) is 82.9 Å². The topological polar surface area (TPSA) is 740 Å². The molecule has 0 aliphatic carbocycles. The van der Waals surface area contributed by atoms with Crippen LogP contribution in [0.3, 0.4) is 0 Å². The van der Waals surface area contributed by atoms with Gasteiger partial charge in [0, 0.05) is 83.5 Å². The number of fused-ring (bicyclic) bond motifs is 3. The van der Waals surface area contributed by atoms with Crippen molar-refractivity contribution in [2.45, 2.75) is 182 Å². The van der Waals surface area contributed by atoms with Crippen LogP contribution >= 0.6 is 35.8 Å². The molecule has 0 aromatic carbocycles. The number of H-pyrrole nitrogens is 1. The minimum absolute atomic E-state index is 0.000142. The van der Waals surface area contributed by atoms with E-state index in [1.165, 1.54) is 114 Å². The van der Waals surface area contributed by atoms with E-state index in [2.05, 4.69) is 61.7 Å². The molecule has 15 heterocycles. The summed E-state index contributed by atoms with van der Waals surface area (Å²) in [5.74, 6) is -0.528. The highest BCUT2D eigenvalue weighted by Crippen LogP contribution is 2.58. The Bertz CT molecular complexity index is 6360. The molecule has 6 saturated heterocycles. The van der Waals surface area contributed by atoms with Crippen molar-refractivity contribution in [2.75, 3.05) is 158 Å². The van der Waals surface area contributed by atoms with Gasteiger partial charge in [0.1, 0.15) is 151 Å². The summed E-state index contributed by atoms with van der Waals surface area (Å²) in [5, 5.41) is 14.8. The van der Waals surface area contributed by atoms with Crippen LogP contribution in [0.25, 0.3) is 33.4 Å². The first-order valence-corrected chi connectivity index (χ1v) is 55.4. The number of hydrogen-bond acceptors (Lipinski definition) is 50. The number of carbonyl (C=O) groups excluding carboxylic acids is 1. The first kappa shape index (κ1) is 111. The largest absolute Gasteiger partial charge is 0.472 e.